The Labute approximate surface area is 63.8 Å². The maximum atomic E-state index is 10.1. The minimum atomic E-state index is 0.0229. The van der Waals surface area contributed by atoms with Gasteiger partial charge in [-0.3, -0.25) is 0 Å². The first-order valence-electron chi connectivity index (χ1n) is 3.75. The highest BCUT2D eigenvalue weighted by Gasteiger charge is 2.13. The molecule has 59 valence electrons. The fourth-order valence-corrected chi connectivity index (χ4v) is 0.661. The van der Waals surface area contributed by atoms with Crippen molar-refractivity contribution in [2.45, 2.75) is 33.6 Å². The average molecular weight is 141 g/mol. The summed E-state index contributed by atoms with van der Waals surface area (Å²) in [5, 5.41) is 10.1. The second-order valence-electron chi connectivity index (χ2n) is 3.66. The van der Waals surface area contributed by atoms with Crippen LogP contribution < -0.4 is 0 Å². The van der Waals surface area contributed by atoms with Gasteiger partial charge in [-0.05, 0) is 18.3 Å². The fraction of sp³-hybridized carbons (Fsp3) is 0.778. The number of allylic oxidation sites excluding steroid dienone is 1. The maximum Gasteiger partial charge on any atom is 0.0825 e. The van der Waals surface area contributed by atoms with Gasteiger partial charge in [0.1, 0.15) is 0 Å². The Hall–Kier alpha value is -0.300. The van der Waals surface area contributed by atoms with E-state index >= 15 is 0 Å². The molecule has 0 aromatic carbocycles. The summed E-state index contributed by atoms with van der Waals surface area (Å²) < 4.78 is 0. The Balaban J connectivity index is 3.64. The summed E-state index contributed by atoms with van der Waals surface area (Å²) in [7, 11) is 0. The zero-order valence-corrected chi connectivity index (χ0v) is 7.24. The van der Waals surface area contributed by atoms with Gasteiger partial charge in [-0.25, -0.2) is 5.11 Å². The molecule has 0 saturated heterocycles. The molecule has 0 aliphatic heterocycles. The molecule has 0 unspecified atom stereocenters. The second-order valence-corrected chi connectivity index (χ2v) is 3.66. The highest BCUT2D eigenvalue weighted by atomic mass is 16.2. The van der Waals surface area contributed by atoms with Crippen LogP contribution in [0.2, 0.25) is 0 Å². The molecule has 0 amide bonds. The van der Waals surface area contributed by atoms with Crippen LogP contribution in [0.15, 0.2) is 12.2 Å². The Bertz CT molecular complexity index is 108. The third kappa shape index (κ3) is 3.67. The van der Waals surface area contributed by atoms with Crippen LogP contribution in [0.3, 0.4) is 0 Å². The molecule has 0 N–H and O–H groups in total. The summed E-state index contributed by atoms with van der Waals surface area (Å²) in [6.07, 6.45) is 1.61. The van der Waals surface area contributed by atoms with Crippen molar-refractivity contribution in [3.63, 3.8) is 0 Å². The van der Waals surface area contributed by atoms with E-state index in [0.717, 1.165) is 12.8 Å². The van der Waals surface area contributed by atoms with E-state index in [9.17, 15) is 5.11 Å². The van der Waals surface area contributed by atoms with Crippen LogP contribution in [0, 0.1) is 5.41 Å². The molecule has 10 heavy (non-hydrogen) atoms. The minimum absolute atomic E-state index is 0.0229. The maximum absolute atomic E-state index is 10.1. The van der Waals surface area contributed by atoms with Gasteiger partial charge in [-0.2, -0.15) is 0 Å². The lowest BCUT2D eigenvalue weighted by molar-refractivity contribution is 0.187. The third-order valence-corrected chi connectivity index (χ3v) is 1.68. The van der Waals surface area contributed by atoms with Crippen molar-refractivity contribution in [1.82, 2.24) is 0 Å². The van der Waals surface area contributed by atoms with Crippen molar-refractivity contribution in [3.8, 4) is 0 Å². The van der Waals surface area contributed by atoms with Crippen LogP contribution in [0.5, 0.6) is 0 Å². The highest BCUT2D eigenvalue weighted by molar-refractivity contribution is 5.04. The van der Waals surface area contributed by atoms with Crippen molar-refractivity contribution >= 4 is 0 Å². The second kappa shape index (κ2) is 3.77. The average Bonchev–Trinajstić information content (AvgIpc) is 1.80. The van der Waals surface area contributed by atoms with Gasteiger partial charge in [0.05, 0.1) is 6.61 Å². The molecule has 1 radical (unpaired) electrons. The lowest BCUT2D eigenvalue weighted by atomic mass is 9.85. The predicted molar refractivity (Wildman–Crippen MR) is 43.4 cm³/mol. The molecule has 0 aromatic heterocycles. The van der Waals surface area contributed by atoms with E-state index in [2.05, 4.69) is 27.4 Å². The minimum Gasteiger partial charge on any atom is -0.237 e. The standard InChI is InChI=1S/C9H17O/c1-8(6-5-7-10)9(2,3)4/h1,5-7H2,2-4H3. The van der Waals surface area contributed by atoms with Gasteiger partial charge in [0.15, 0.2) is 0 Å². The number of rotatable bonds is 3. The van der Waals surface area contributed by atoms with Crippen molar-refractivity contribution in [3.05, 3.63) is 12.2 Å². The summed E-state index contributed by atoms with van der Waals surface area (Å²) in [4.78, 5) is 0. The monoisotopic (exact) mass is 141 g/mol. The fourth-order valence-electron chi connectivity index (χ4n) is 0.661. The SMILES string of the molecule is C=C(CCC[O])C(C)(C)C. The van der Waals surface area contributed by atoms with Crippen LogP contribution in [-0.4, -0.2) is 6.61 Å². The van der Waals surface area contributed by atoms with Crippen molar-refractivity contribution in [2.75, 3.05) is 6.61 Å². The largest absolute Gasteiger partial charge is 0.237 e. The zero-order chi connectivity index (χ0) is 8.20. The molecule has 0 rings (SSSR count). The molecule has 1 nitrogen and oxygen atoms in total. The Morgan fingerprint density at radius 3 is 2.20 bits per heavy atom. The van der Waals surface area contributed by atoms with Crippen molar-refractivity contribution < 1.29 is 5.11 Å². The summed E-state index contributed by atoms with van der Waals surface area (Å²) in [5.74, 6) is 0. The molecule has 0 aromatic rings. The lowest BCUT2D eigenvalue weighted by Crippen LogP contribution is -2.08. The molecule has 0 aliphatic carbocycles. The zero-order valence-electron chi connectivity index (χ0n) is 7.24. The molecule has 0 saturated carbocycles. The van der Waals surface area contributed by atoms with Gasteiger partial charge in [-0.15, -0.1) is 0 Å². The smallest absolute Gasteiger partial charge is 0.0825 e. The number of hydrogen-bond donors (Lipinski definition) is 0. The quantitative estimate of drug-likeness (QED) is 0.539. The molecule has 0 atom stereocenters. The van der Waals surface area contributed by atoms with E-state index in [-0.39, 0.29) is 12.0 Å². The molecular formula is C9H17O. The van der Waals surface area contributed by atoms with E-state index in [1.54, 1.807) is 0 Å². The highest BCUT2D eigenvalue weighted by Crippen LogP contribution is 2.26. The van der Waals surface area contributed by atoms with Gasteiger partial charge < -0.3 is 0 Å². The van der Waals surface area contributed by atoms with Crippen molar-refractivity contribution in [2.24, 2.45) is 5.41 Å². The summed E-state index contributed by atoms with van der Waals surface area (Å²) in [6.45, 7) is 10.3. The molecule has 1 heteroatoms. The Morgan fingerprint density at radius 1 is 1.40 bits per heavy atom. The van der Waals surface area contributed by atoms with Crippen LogP contribution in [-0.2, 0) is 5.11 Å². The van der Waals surface area contributed by atoms with E-state index < -0.39 is 0 Å². The molecule has 0 bridgehead atoms. The van der Waals surface area contributed by atoms with E-state index in [4.69, 9.17) is 0 Å². The Kier molecular flexibility index (Phi) is 3.66. The van der Waals surface area contributed by atoms with Crippen LogP contribution >= 0.6 is 0 Å². The first kappa shape index (κ1) is 9.70. The summed E-state index contributed by atoms with van der Waals surface area (Å²) >= 11 is 0. The molecule has 0 heterocycles. The van der Waals surface area contributed by atoms with Crippen LogP contribution in [0.25, 0.3) is 0 Å². The van der Waals surface area contributed by atoms with E-state index in [1.165, 1.54) is 5.57 Å². The summed E-state index contributed by atoms with van der Waals surface area (Å²) in [6, 6.07) is 0. The first-order valence-corrected chi connectivity index (χ1v) is 3.75. The van der Waals surface area contributed by atoms with Gasteiger partial charge >= 0.3 is 0 Å². The first-order chi connectivity index (χ1) is 4.48. The Morgan fingerprint density at radius 2 is 1.90 bits per heavy atom. The molecule has 0 fully saturated rings. The van der Waals surface area contributed by atoms with Crippen LogP contribution in [0.1, 0.15) is 33.6 Å². The van der Waals surface area contributed by atoms with E-state index in [0.29, 0.717) is 0 Å². The topological polar surface area (TPSA) is 19.9 Å². The van der Waals surface area contributed by atoms with Crippen LogP contribution in [0.4, 0.5) is 0 Å². The summed E-state index contributed by atoms with van der Waals surface area (Å²) in [5.41, 5.74) is 1.36. The third-order valence-electron chi connectivity index (χ3n) is 1.68. The normalized spacial score (nSPS) is 11.6. The van der Waals surface area contributed by atoms with Gasteiger partial charge in [-0.1, -0.05) is 32.9 Å². The number of hydrogen-bond acceptors (Lipinski definition) is 0. The lowest BCUT2D eigenvalue weighted by Gasteiger charge is -2.21. The molecule has 0 spiro atoms. The molecule has 0 aliphatic rings. The van der Waals surface area contributed by atoms with Gasteiger partial charge in [0, 0.05) is 0 Å². The van der Waals surface area contributed by atoms with Gasteiger partial charge in [0.25, 0.3) is 0 Å². The van der Waals surface area contributed by atoms with Gasteiger partial charge in [0.2, 0.25) is 0 Å². The van der Waals surface area contributed by atoms with Crippen molar-refractivity contribution in [1.29, 1.82) is 0 Å². The molecular weight excluding hydrogens is 124 g/mol. The van der Waals surface area contributed by atoms with E-state index in [1.807, 2.05) is 0 Å². The predicted octanol–water partition coefficient (Wildman–Crippen LogP) is 2.80.